The summed E-state index contributed by atoms with van der Waals surface area (Å²) in [7, 11) is -2.89. The minimum atomic E-state index is -2.89. The van der Waals surface area contributed by atoms with Gasteiger partial charge >= 0.3 is 0 Å². The van der Waals surface area contributed by atoms with Crippen molar-refractivity contribution in [2.45, 2.75) is 64.3 Å². The molecule has 1 aliphatic carbocycles. The number of nitrogens with one attached hydrogen (secondary N) is 1. The molecule has 1 heterocycles. The molecule has 1 N–H and O–H groups in total. The molecule has 1 saturated carbocycles. The third kappa shape index (κ3) is 2.68. The Morgan fingerprint density at radius 2 is 1.82 bits per heavy atom. The van der Waals surface area contributed by atoms with E-state index < -0.39 is 9.84 Å². The van der Waals surface area contributed by atoms with Gasteiger partial charge in [-0.2, -0.15) is 0 Å². The molecule has 2 aliphatic rings. The molecule has 0 radical (unpaired) electrons. The van der Waals surface area contributed by atoms with Gasteiger partial charge in [-0.15, -0.1) is 0 Å². The highest BCUT2D eigenvalue weighted by Gasteiger charge is 2.45. The van der Waals surface area contributed by atoms with Crippen LogP contribution in [0.3, 0.4) is 0 Å². The minimum Gasteiger partial charge on any atom is -0.309 e. The van der Waals surface area contributed by atoms with Gasteiger partial charge in [-0.25, -0.2) is 8.42 Å². The van der Waals surface area contributed by atoms with Crippen molar-refractivity contribution in [3.05, 3.63) is 0 Å². The smallest absolute Gasteiger partial charge is 0.156 e. The average Bonchev–Trinajstić information content (AvgIpc) is 2.13. The van der Waals surface area contributed by atoms with Gasteiger partial charge in [-0.05, 0) is 37.5 Å². The largest absolute Gasteiger partial charge is 0.309 e. The van der Waals surface area contributed by atoms with Gasteiger partial charge in [-0.1, -0.05) is 20.8 Å². The van der Waals surface area contributed by atoms with Crippen LogP contribution in [0, 0.1) is 11.3 Å². The lowest BCUT2D eigenvalue weighted by atomic mass is 9.71. The predicted molar refractivity (Wildman–Crippen MR) is 70.8 cm³/mol. The van der Waals surface area contributed by atoms with Gasteiger partial charge in [0.1, 0.15) is 0 Å². The number of rotatable bonds is 0. The fourth-order valence-electron chi connectivity index (χ4n) is 3.39. The number of hydrogen-bond donors (Lipinski definition) is 1. The molecule has 3 nitrogen and oxygen atoms in total. The highest BCUT2D eigenvalue weighted by atomic mass is 32.2. The number of fused-ring (bicyclic) bond motifs is 1. The fraction of sp³-hybridized carbons (Fsp3) is 1.00. The summed E-state index contributed by atoms with van der Waals surface area (Å²) in [5, 5.41) is 3.32. The zero-order valence-electron chi connectivity index (χ0n) is 11.4. The van der Waals surface area contributed by atoms with E-state index in [1.165, 1.54) is 0 Å². The van der Waals surface area contributed by atoms with Gasteiger partial charge in [0.15, 0.2) is 9.84 Å². The van der Waals surface area contributed by atoms with E-state index in [4.69, 9.17) is 0 Å². The summed E-state index contributed by atoms with van der Waals surface area (Å²) in [4.78, 5) is 0. The van der Waals surface area contributed by atoms with Crippen LogP contribution in [0.2, 0.25) is 0 Å². The summed E-state index contributed by atoms with van der Waals surface area (Å²) >= 11 is 0. The van der Waals surface area contributed by atoms with Gasteiger partial charge in [0.2, 0.25) is 0 Å². The van der Waals surface area contributed by atoms with Crippen LogP contribution in [0.25, 0.3) is 0 Å². The first kappa shape index (κ1) is 13.3. The highest BCUT2D eigenvalue weighted by Crippen LogP contribution is 2.41. The minimum absolute atomic E-state index is 0.118. The first-order chi connectivity index (χ1) is 7.70. The van der Waals surface area contributed by atoms with E-state index in [1.807, 2.05) is 6.92 Å². The summed E-state index contributed by atoms with van der Waals surface area (Å²) in [6.45, 7) is 8.65. The van der Waals surface area contributed by atoms with Crippen LogP contribution in [-0.4, -0.2) is 31.5 Å². The SMILES string of the molecule is CC1CS(=O)(=O)C2CC(C(C)(C)C)CCC2N1. The fourth-order valence-corrected chi connectivity index (χ4v) is 5.67. The van der Waals surface area contributed by atoms with Crippen LogP contribution in [0.4, 0.5) is 0 Å². The van der Waals surface area contributed by atoms with Crippen LogP contribution >= 0.6 is 0 Å². The van der Waals surface area contributed by atoms with E-state index in [9.17, 15) is 8.42 Å². The van der Waals surface area contributed by atoms with E-state index in [2.05, 4.69) is 26.1 Å². The molecule has 4 heteroatoms. The zero-order valence-corrected chi connectivity index (χ0v) is 12.2. The second kappa shape index (κ2) is 4.23. The molecule has 0 aromatic carbocycles. The van der Waals surface area contributed by atoms with Crippen molar-refractivity contribution < 1.29 is 8.42 Å². The molecule has 2 fully saturated rings. The van der Waals surface area contributed by atoms with Crippen molar-refractivity contribution in [3.8, 4) is 0 Å². The third-order valence-corrected chi connectivity index (χ3v) is 6.87. The predicted octanol–water partition coefficient (Wildman–Crippen LogP) is 1.98. The van der Waals surface area contributed by atoms with E-state index in [1.54, 1.807) is 0 Å². The van der Waals surface area contributed by atoms with Crippen LogP contribution < -0.4 is 5.32 Å². The zero-order chi connectivity index (χ0) is 12.8. The molecule has 1 aliphatic heterocycles. The van der Waals surface area contributed by atoms with Gasteiger partial charge < -0.3 is 5.32 Å². The molecule has 100 valence electrons. The van der Waals surface area contributed by atoms with Crippen LogP contribution in [0.5, 0.6) is 0 Å². The Kier molecular flexibility index (Phi) is 3.32. The molecule has 4 unspecified atom stereocenters. The summed E-state index contributed by atoms with van der Waals surface area (Å²) in [5.41, 5.74) is 0.226. The van der Waals surface area contributed by atoms with Gasteiger partial charge in [0, 0.05) is 12.1 Å². The van der Waals surface area contributed by atoms with E-state index >= 15 is 0 Å². The summed E-state index contributed by atoms with van der Waals surface area (Å²) < 4.78 is 24.5. The van der Waals surface area contributed by atoms with Crippen molar-refractivity contribution >= 4 is 9.84 Å². The van der Waals surface area contributed by atoms with Crippen molar-refractivity contribution in [2.24, 2.45) is 11.3 Å². The summed E-state index contributed by atoms with van der Waals surface area (Å²) in [6.07, 6.45) is 3.01. The Hall–Kier alpha value is -0.0900. The van der Waals surface area contributed by atoms with E-state index in [0.29, 0.717) is 11.7 Å². The Morgan fingerprint density at radius 1 is 1.18 bits per heavy atom. The molecule has 2 rings (SSSR count). The average molecular weight is 259 g/mol. The van der Waals surface area contributed by atoms with Crippen molar-refractivity contribution in [1.29, 1.82) is 0 Å². The molecular formula is C13H25NO2S. The summed E-state index contributed by atoms with van der Waals surface area (Å²) in [5.74, 6) is 0.846. The lowest BCUT2D eigenvalue weighted by Crippen LogP contribution is -2.59. The Bertz CT molecular complexity index is 383. The van der Waals surface area contributed by atoms with Gasteiger partial charge in [0.05, 0.1) is 11.0 Å². The lowest BCUT2D eigenvalue weighted by Gasteiger charge is -2.45. The van der Waals surface area contributed by atoms with Crippen LogP contribution in [0.1, 0.15) is 47.0 Å². The molecule has 0 aromatic heterocycles. The quantitative estimate of drug-likeness (QED) is 0.723. The maximum atomic E-state index is 12.3. The second-order valence-corrected chi connectivity index (χ2v) is 9.18. The normalized spacial score (nSPS) is 41.9. The first-order valence-corrected chi connectivity index (χ1v) is 8.39. The van der Waals surface area contributed by atoms with Gasteiger partial charge in [-0.3, -0.25) is 0 Å². The van der Waals surface area contributed by atoms with Crippen molar-refractivity contribution in [2.75, 3.05) is 5.75 Å². The van der Waals surface area contributed by atoms with Gasteiger partial charge in [0.25, 0.3) is 0 Å². The maximum absolute atomic E-state index is 12.3. The Morgan fingerprint density at radius 3 is 2.41 bits per heavy atom. The third-order valence-electron chi connectivity index (χ3n) is 4.46. The van der Waals surface area contributed by atoms with E-state index in [0.717, 1.165) is 19.3 Å². The lowest BCUT2D eigenvalue weighted by molar-refractivity contribution is 0.156. The molecule has 0 spiro atoms. The van der Waals surface area contributed by atoms with E-state index in [-0.39, 0.29) is 22.7 Å². The molecule has 0 bridgehead atoms. The molecule has 0 aromatic rings. The number of hydrogen-bond acceptors (Lipinski definition) is 3. The maximum Gasteiger partial charge on any atom is 0.156 e. The monoisotopic (exact) mass is 259 g/mol. The number of sulfone groups is 1. The summed E-state index contributed by atoms with van der Waals surface area (Å²) in [6, 6.07) is 0.315. The molecule has 1 saturated heterocycles. The van der Waals surface area contributed by atoms with Crippen molar-refractivity contribution in [1.82, 2.24) is 5.32 Å². The molecule has 4 atom stereocenters. The van der Waals surface area contributed by atoms with Crippen LogP contribution in [-0.2, 0) is 9.84 Å². The molecular weight excluding hydrogens is 234 g/mol. The molecule has 0 amide bonds. The Labute approximate surface area is 105 Å². The second-order valence-electron chi connectivity index (χ2n) is 6.92. The first-order valence-electron chi connectivity index (χ1n) is 6.68. The molecule has 17 heavy (non-hydrogen) atoms. The Balaban J connectivity index is 2.18. The highest BCUT2D eigenvalue weighted by molar-refractivity contribution is 7.92. The van der Waals surface area contributed by atoms with Crippen molar-refractivity contribution in [3.63, 3.8) is 0 Å². The van der Waals surface area contributed by atoms with Crippen LogP contribution in [0.15, 0.2) is 0 Å². The standard InChI is InChI=1S/C13H25NO2S/c1-9-8-17(15,16)12-7-10(13(2,3)4)5-6-11(12)14-9/h9-12,14H,5-8H2,1-4H3. The topological polar surface area (TPSA) is 46.2 Å².